The molecule has 0 N–H and O–H groups in total. The zero-order chi connectivity index (χ0) is 47.3. The second kappa shape index (κ2) is 19.3. The summed E-state index contributed by atoms with van der Waals surface area (Å²) in [7, 11) is 0. The Morgan fingerprint density at radius 3 is 1.17 bits per heavy atom. The van der Waals surface area contributed by atoms with Crippen LogP contribution >= 0.6 is 0 Å². The van der Waals surface area contributed by atoms with E-state index in [-0.39, 0.29) is 0 Å². The molecule has 0 unspecified atom stereocenters. The lowest BCUT2D eigenvalue weighted by Gasteiger charge is -2.18. The molecule has 3 heterocycles. The fourth-order valence-corrected chi connectivity index (χ4v) is 9.69. The van der Waals surface area contributed by atoms with Crippen molar-refractivity contribution in [2.75, 3.05) is 11.6 Å². The second-order valence-corrected chi connectivity index (χ2v) is 17.8. The summed E-state index contributed by atoms with van der Waals surface area (Å²) in [5.41, 5.74) is 21.8. The molecule has 12 rings (SSSR count). The number of anilines is 1. The van der Waals surface area contributed by atoms with Crippen LogP contribution in [-0.2, 0) is 4.74 Å². The van der Waals surface area contributed by atoms with Gasteiger partial charge in [0, 0.05) is 45.9 Å². The molecule has 336 valence electrons. The van der Waals surface area contributed by atoms with Gasteiger partial charge in [0.25, 0.3) is 0 Å². The first kappa shape index (κ1) is 42.9. The fourth-order valence-electron chi connectivity index (χ4n) is 9.69. The van der Waals surface area contributed by atoms with Crippen LogP contribution in [0.1, 0.15) is 5.56 Å². The summed E-state index contributed by atoms with van der Waals surface area (Å²) in [6.07, 6.45) is 6.13. The van der Waals surface area contributed by atoms with Crippen molar-refractivity contribution in [2.24, 2.45) is 0 Å². The highest BCUT2D eigenvalue weighted by atomic mass is 16.5. The lowest BCUT2D eigenvalue weighted by atomic mass is 9.87. The maximum Gasteiger partial charge on any atom is 0.165 e. The number of hydrogen-bond donors (Lipinski definition) is 0. The lowest BCUT2D eigenvalue weighted by molar-refractivity contribution is 0.308. The van der Waals surface area contributed by atoms with Crippen LogP contribution in [0.2, 0.25) is 0 Å². The molecule has 4 nitrogen and oxygen atoms in total. The fraction of sp³-hybridized carbons (Fsp3) is 0.0149. The summed E-state index contributed by atoms with van der Waals surface area (Å²) in [5.74, 6) is 0.833. The van der Waals surface area contributed by atoms with Crippen molar-refractivity contribution in [2.45, 2.75) is 0 Å². The van der Waals surface area contributed by atoms with Crippen molar-refractivity contribution in [3.8, 4) is 100 Å². The first-order valence-electron chi connectivity index (χ1n) is 24.0. The van der Waals surface area contributed by atoms with E-state index in [0.29, 0.717) is 6.73 Å². The number of rotatable bonds is 11. The van der Waals surface area contributed by atoms with Crippen LogP contribution in [0.3, 0.4) is 0 Å². The predicted molar refractivity (Wildman–Crippen MR) is 294 cm³/mol. The maximum absolute atomic E-state index is 6.46. The van der Waals surface area contributed by atoms with Gasteiger partial charge in [0.1, 0.15) is 5.76 Å². The molecule has 0 saturated carbocycles. The first-order valence-corrected chi connectivity index (χ1v) is 24.0. The van der Waals surface area contributed by atoms with E-state index in [1.807, 2.05) is 24.5 Å². The molecule has 0 radical (unpaired) electrons. The standard InChI is InChI=1S/C67H47N3O/c1-4-17-47(18-5-1)48-31-33-49(34-32-48)51-21-16-22-52(39-51)66-38-36-54(44-69-66)60-26-11-13-28-62(60)56-40-55(61-27-12-10-25-59(61)53-35-37-65(68-43-53)50-19-6-2-7-20-50)41-57(42-56)63-29-14-15-30-64(63)67-45-70(46-71-67)58-23-8-3-9-24-58/h1-45H,46H2. The maximum atomic E-state index is 6.46. The Morgan fingerprint density at radius 2 is 0.648 bits per heavy atom. The van der Waals surface area contributed by atoms with Gasteiger partial charge in [-0.25, -0.2) is 0 Å². The molecule has 0 spiro atoms. The lowest BCUT2D eigenvalue weighted by Crippen LogP contribution is -2.12. The zero-order valence-corrected chi connectivity index (χ0v) is 38.9. The van der Waals surface area contributed by atoms with Gasteiger partial charge in [-0.1, -0.05) is 206 Å². The molecule has 11 aromatic rings. The Hall–Kier alpha value is -9.38. The van der Waals surface area contributed by atoms with E-state index in [2.05, 4.69) is 254 Å². The van der Waals surface area contributed by atoms with E-state index >= 15 is 0 Å². The van der Waals surface area contributed by atoms with E-state index in [4.69, 9.17) is 14.7 Å². The van der Waals surface area contributed by atoms with Crippen molar-refractivity contribution in [1.82, 2.24) is 9.97 Å². The second-order valence-electron chi connectivity index (χ2n) is 17.8. The van der Waals surface area contributed by atoms with Gasteiger partial charge in [0.05, 0.1) is 17.6 Å². The number of pyridine rings is 2. The zero-order valence-electron chi connectivity index (χ0n) is 38.9. The third-order valence-corrected chi connectivity index (χ3v) is 13.3. The van der Waals surface area contributed by atoms with Gasteiger partial charge in [-0.2, -0.15) is 0 Å². The van der Waals surface area contributed by atoms with E-state index in [0.717, 1.165) is 101 Å². The van der Waals surface area contributed by atoms with Crippen LogP contribution in [0, 0.1) is 0 Å². The topological polar surface area (TPSA) is 38.3 Å². The van der Waals surface area contributed by atoms with E-state index < -0.39 is 0 Å². The summed E-state index contributed by atoms with van der Waals surface area (Å²) >= 11 is 0. The summed E-state index contributed by atoms with van der Waals surface area (Å²) in [4.78, 5) is 12.2. The molecule has 71 heavy (non-hydrogen) atoms. The van der Waals surface area contributed by atoms with Crippen molar-refractivity contribution in [3.63, 3.8) is 0 Å². The van der Waals surface area contributed by atoms with Gasteiger partial charge in [-0.3, -0.25) is 9.97 Å². The monoisotopic (exact) mass is 909 g/mol. The number of ether oxygens (including phenoxy) is 1. The van der Waals surface area contributed by atoms with Gasteiger partial charge in [-0.05, 0) is 115 Å². The summed E-state index contributed by atoms with van der Waals surface area (Å²) in [5, 5.41) is 0. The molecule has 9 aromatic carbocycles. The minimum absolute atomic E-state index is 0.443. The SMILES string of the molecule is C1=C(c2ccccc2-c2cc(-c3ccccc3-c3ccc(-c4ccccc4)nc3)cc(-c3ccccc3-c3ccc(-c4cccc(-c5ccc(-c6ccccc6)cc5)c4)nc3)c2)OCN1c1ccccc1. The number of nitrogens with zero attached hydrogens (tertiary/aromatic N) is 3. The van der Waals surface area contributed by atoms with Crippen molar-refractivity contribution >= 4 is 11.4 Å². The Bertz CT molecular complexity index is 3660. The van der Waals surface area contributed by atoms with Crippen LogP contribution in [-0.4, -0.2) is 16.7 Å². The van der Waals surface area contributed by atoms with Gasteiger partial charge in [0.15, 0.2) is 6.73 Å². The smallest absolute Gasteiger partial charge is 0.165 e. The quantitative estimate of drug-likeness (QED) is 0.130. The Kier molecular flexibility index (Phi) is 11.7. The molecular formula is C67H47N3O. The Morgan fingerprint density at radius 1 is 0.282 bits per heavy atom. The highest BCUT2D eigenvalue weighted by Gasteiger charge is 2.21. The predicted octanol–water partition coefficient (Wildman–Crippen LogP) is 17.3. The average molecular weight is 910 g/mol. The largest absolute Gasteiger partial charge is 0.471 e. The minimum atomic E-state index is 0.443. The molecule has 1 aliphatic heterocycles. The molecular weight excluding hydrogens is 863 g/mol. The van der Waals surface area contributed by atoms with Crippen LogP contribution in [0.25, 0.3) is 106 Å². The number of hydrogen-bond acceptors (Lipinski definition) is 4. The van der Waals surface area contributed by atoms with E-state index in [1.165, 1.54) is 16.7 Å². The number of aromatic nitrogens is 2. The molecule has 4 heteroatoms. The van der Waals surface area contributed by atoms with Gasteiger partial charge in [-0.15, -0.1) is 0 Å². The van der Waals surface area contributed by atoms with Crippen molar-refractivity contribution in [1.29, 1.82) is 0 Å². The molecule has 2 aromatic heterocycles. The third kappa shape index (κ3) is 8.94. The number of para-hydroxylation sites is 1. The molecule has 0 aliphatic carbocycles. The molecule has 0 amide bonds. The number of benzene rings is 9. The molecule has 0 fully saturated rings. The Labute approximate surface area is 415 Å². The van der Waals surface area contributed by atoms with Gasteiger partial charge in [0.2, 0.25) is 0 Å². The third-order valence-electron chi connectivity index (χ3n) is 13.3. The van der Waals surface area contributed by atoms with E-state index in [1.54, 1.807) is 0 Å². The van der Waals surface area contributed by atoms with Gasteiger partial charge >= 0.3 is 0 Å². The Balaban J connectivity index is 0.931. The van der Waals surface area contributed by atoms with Crippen LogP contribution in [0.15, 0.2) is 273 Å². The first-order chi connectivity index (χ1) is 35.2. The van der Waals surface area contributed by atoms with Crippen molar-refractivity contribution in [3.05, 3.63) is 279 Å². The highest BCUT2D eigenvalue weighted by molar-refractivity contribution is 5.93. The van der Waals surface area contributed by atoms with Crippen LogP contribution in [0.5, 0.6) is 0 Å². The minimum Gasteiger partial charge on any atom is -0.471 e. The summed E-state index contributed by atoms with van der Waals surface area (Å²) in [6, 6.07) is 90.2. The molecule has 0 atom stereocenters. The van der Waals surface area contributed by atoms with E-state index in [9.17, 15) is 0 Å². The summed E-state index contributed by atoms with van der Waals surface area (Å²) in [6.45, 7) is 0.443. The normalized spacial score (nSPS) is 12.1. The summed E-state index contributed by atoms with van der Waals surface area (Å²) < 4.78 is 6.46. The van der Waals surface area contributed by atoms with Crippen LogP contribution in [0.4, 0.5) is 5.69 Å². The van der Waals surface area contributed by atoms with Gasteiger partial charge < -0.3 is 9.64 Å². The highest BCUT2D eigenvalue weighted by Crippen LogP contribution is 2.43. The van der Waals surface area contributed by atoms with Crippen molar-refractivity contribution < 1.29 is 4.74 Å². The molecule has 0 saturated heterocycles. The van der Waals surface area contributed by atoms with Crippen LogP contribution < -0.4 is 4.90 Å². The molecule has 1 aliphatic rings. The average Bonchev–Trinajstić information content (AvgIpc) is 3.97. The molecule has 0 bridgehead atoms.